The Balaban J connectivity index is 1.09. The average molecular weight is 590 g/mol. The molecular formula is C33H32Cl2N3O3. The monoisotopic (exact) mass is 588 g/mol. The van der Waals surface area contributed by atoms with Crippen LogP contribution in [0.2, 0.25) is 10.0 Å². The Kier molecular flexibility index (Phi) is 8.75. The van der Waals surface area contributed by atoms with Gasteiger partial charge in [-0.15, -0.1) is 0 Å². The number of aromatic nitrogens is 2. The van der Waals surface area contributed by atoms with Crippen molar-refractivity contribution in [3.05, 3.63) is 124 Å². The molecule has 0 N–H and O–H groups in total. The maximum Gasteiger partial charge on any atom is 0.215 e. The molecule has 1 saturated heterocycles. The third-order valence-corrected chi connectivity index (χ3v) is 8.09. The molecule has 0 unspecified atom stereocenters. The normalized spacial score (nSPS) is 21.2. The van der Waals surface area contributed by atoms with Crippen molar-refractivity contribution in [1.82, 2.24) is 14.5 Å². The molecule has 2 atom stereocenters. The van der Waals surface area contributed by atoms with Crippen LogP contribution >= 0.6 is 23.2 Å². The molecule has 0 aliphatic carbocycles. The molecule has 3 aromatic carbocycles. The number of benzene rings is 3. The predicted octanol–water partition coefficient (Wildman–Crippen LogP) is 6.80. The Hall–Kier alpha value is -3.13. The minimum atomic E-state index is -1.08. The molecule has 6 nitrogen and oxygen atoms in total. The summed E-state index contributed by atoms with van der Waals surface area (Å²) in [5.41, 5.74) is 4.63. The quantitative estimate of drug-likeness (QED) is 0.215. The first-order valence-corrected chi connectivity index (χ1v) is 14.6. The lowest BCUT2D eigenvalue weighted by molar-refractivity contribution is -0.312. The summed E-state index contributed by atoms with van der Waals surface area (Å²) in [5.74, 6) is -0.223. The number of nitrogens with zero attached hydrogens (tertiary/aromatic N) is 3. The highest BCUT2D eigenvalue weighted by Crippen LogP contribution is 2.40. The van der Waals surface area contributed by atoms with E-state index >= 15 is 0 Å². The first-order chi connectivity index (χ1) is 20.1. The highest BCUT2D eigenvalue weighted by atomic mass is 35.5. The van der Waals surface area contributed by atoms with E-state index in [2.05, 4.69) is 58.4 Å². The Morgan fingerprint density at radius 2 is 2.00 bits per heavy atom. The second-order valence-corrected chi connectivity index (χ2v) is 11.3. The summed E-state index contributed by atoms with van der Waals surface area (Å²) in [6, 6.07) is 22.9. The van der Waals surface area contributed by atoms with Gasteiger partial charge in [0.25, 0.3) is 0 Å². The summed E-state index contributed by atoms with van der Waals surface area (Å²) in [4.78, 5) is 6.64. The molecule has 1 radical (unpaired) electrons. The van der Waals surface area contributed by atoms with E-state index in [1.165, 1.54) is 16.7 Å². The molecule has 3 heterocycles. The number of ether oxygens (including phenoxy) is 3. The van der Waals surface area contributed by atoms with Gasteiger partial charge in [0.1, 0.15) is 12.4 Å². The summed E-state index contributed by atoms with van der Waals surface area (Å²) in [6.45, 7) is 4.20. The zero-order valence-electron chi connectivity index (χ0n) is 22.7. The zero-order chi connectivity index (χ0) is 28.1. The van der Waals surface area contributed by atoms with Gasteiger partial charge < -0.3 is 18.8 Å². The van der Waals surface area contributed by atoms with E-state index in [4.69, 9.17) is 37.4 Å². The fraction of sp³-hybridized carbons (Fsp3) is 0.303. The van der Waals surface area contributed by atoms with E-state index in [0.29, 0.717) is 36.2 Å². The number of fused-ring (bicyclic) bond motifs is 1. The van der Waals surface area contributed by atoms with Crippen LogP contribution in [0.15, 0.2) is 85.5 Å². The van der Waals surface area contributed by atoms with Crippen molar-refractivity contribution < 1.29 is 14.2 Å². The van der Waals surface area contributed by atoms with E-state index in [-0.39, 0.29) is 6.10 Å². The highest BCUT2D eigenvalue weighted by molar-refractivity contribution is 6.35. The van der Waals surface area contributed by atoms with Crippen molar-refractivity contribution in [1.29, 1.82) is 0 Å². The van der Waals surface area contributed by atoms with Gasteiger partial charge >= 0.3 is 0 Å². The van der Waals surface area contributed by atoms with Gasteiger partial charge in [-0.05, 0) is 53.4 Å². The lowest BCUT2D eigenvalue weighted by Gasteiger charge is -2.41. The maximum absolute atomic E-state index is 6.64. The minimum Gasteiger partial charge on any atom is -0.491 e. The molecule has 1 fully saturated rings. The van der Waals surface area contributed by atoms with Crippen molar-refractivity contribution >= 4 is 29.3 Å². The van der Waals surface area contributed by atoms with Crippen LogP contribution in [-0.2, 0) is 34.8 Å². The Morgan fingerprint density at radius 1 is 1.10 bits per heavy atom. The van der Waals surface area contributed by atoms with Crippen LogP contribution in [-0.4, -0.2) is 46.9 Å². The van der Waals surface area contributed by atoms with E-state index in [9.17, 15) is 0 Å². The van der Waals surface area contributed by atoms with Crippen LogP contribution in [0.5, 0.6) is 5.75 Å². The largest absolute Gasteiger partial charge is 0.491 e. The van der Waals surface area contributed by atoms with Gasteiger partial charge in [0.05, 0.1) is 30.6 Å². The second-order valence-electron chi connectivity index (χ2n) is 10.5. The van der Waals surface area contributed by atoms with Gasteiger partial charge in [0.15, 0.2) is 0 Å². The Bertz CT molecular complexity index is 1480. The molecule has 2 aliphatic rings. The molecule has 2 aliphatic heterocycles. The lowest BCUT2D eigenvalue weighted by Crippen LogP contribution is -2.47. The fourth-order valence-corrected chi connectivity index (χ4v) is 5.99. The van der Waals surface area contributed by atoms with Crippen LogP contribution < -0.4 is 4.74 Å². The van der Waals surface area contributed by atoms with Gasteiger partial charge in [-0.25, -0.2) is 4.98 Å². The molecule has 1 aromatic heterocycles. The number of rotatable bonds is 9. The summed E-state index contributed by atoms with van der Waals surface area (Å²) in [7, 11) is 0. The predicted molar refractivity (Wildman–Crippen MR) is 161 cm³/mol. The van der Waals surface area contributed by atoms with Gasteiger partial charge in [-0.1, -0.05) is 71.8 Å². The summed E-state index contributed by atoms with van der Waals surface area (Å²) < 4.78 is 21.1. The SMILES string of the molecule is Clc1ccc([C@]2(Cn3ccnc3)OCC[C@@H](COc3ccc4c(c3)CCN(C/C=C/c3cc[c]cc3)C4)O2)c(Cl)c1. The summed E-state index contributed by atoms with van der Waals surface area (Å²) >= 11 is 12.8. The third-order valence-electron chi connectivity index (χ3n) is 7.55. The van der Waals surface area contributed by atoms with E-state index in [0.717, 1.165) is 37.4 Å². The van der Waals surface area contributed by atoms with Gasteiger partial charge in [-0.2, -0.15) is 0 Å². The van der Waals surface area contributed by atoms with Gasteiger partial charge in [0, 0.05) is 49.0 Å². The van der Waals surface area contributed by atoms with Crippen molar-refractivity contribution in [2.45, 2.75) is 37.8 Å². The standard InChI is InChI=1S/C33H32Cl2N3O3/c34-28-9-11-31(32(35)20-28)33(23-38-17-14-36-24-38)40-18-13-30(41-33)22-39-29-10-8-27-21-37(16-12-26(27)19-29)15-4-7-25-5-2-1-3-6-25/h2-11,14,17,19-20,24,30H,12-13,15-16,18,21-23H2/b7-4+/t30-,33+/m0/s1. The van der Waals surface area contributed by atoms with Crippen molar-refractivity contribution in [2.24, 2.45) is 0 Å². The zero-order valence-corrected chi connectivity index (χ0v) is 24.2. The second kappa shape index (κ2) is 12.8. The average Bonchev–Trinajstić information content (AvgIpc) is 3.49. The number of hydrogen-bond donors (Lipinski definition) is 0. The Labute approximate surface area is 251 Å². The minimum absolute atomic E-state index is 0.181. The lowest BCUT2D eigenvalue weighted by atomic mass is 9.99. The molecule has 0 amide bonds. The topological polar surface area (TPSA) is 48.8 Å². The van der Waals surface area contributed by atoms with Crippen LogP contribution in [0.1, 0.15) is 28.7 Å². The number of halogens is 2. The van der Waals surface area contributed by atoms with Crippen molar-refractivity contribution in [2.75, 3.05) is 26.3 Å². The molecular weight excluding hydrogens is 557 g/mol. The fourth-order valence-electron chi connectivity index (χ4n) is 5.43. The molecule has 8 heteroatoms. The molecule has 0 bridgehead atoms. The molecule has 6 rings (SSSR count). The molecule has 41 heavy (non-hydrogen) atoms. The van der Waals surface area contributed by atoms with E-state index in [1.54, 1.807) is 24.7 Å². The smallest absolute Gasteiger partial charge is 0.215 e. The van der Waals surface area contributed by atoms with Gasteiger partial charge in [0.2, 0.25) is 5.79 Å². The van der Waals surface area contributed by atoms with Gasteiger partial charge in [-0.3, -0.25) is 4.90 Å². The molecule has 0 saturated carbocycles. The Morgan fingerprint density at radius 3 is 2.83 bits per heavy atom. The van der Waals surface area contributed by atoms with Crippen LogP contribution in [0.25, 0.3) is 6.08 Å². The third kappa shape index (κ3) is 6.85. The van der Waals surface area contributed by atoms with Crippen LogP contribution in [0, 0.1) is 6.07 Å². The number of imidazole rings is 1. The van der Waals surface area contributed by atoms with Crippen molar-refractivity contribution in [3.8, 4) is 5.75 Å². The molecule has 211 valence electrons. The first kappa shape index (κ1) is 28.0. The molecule has 4 aromatic rings. The highest BCUT2D eigenvalue weighted by Gasteiger charge is 2.42. The van der Waals surface area contributed by atoms with Crippen LogP contribution in [0.3, 0.4) is 0 Å². The molecule has 0 spiro atoms. The van der Waals surface area contributed by atoms with E-state index in [1.807, 2.05) is 29.0 Å². The summed E-state index contributed by atoms with van der Waals surface area (Å²) in [5, 5.41) is 1.06. The summed E-state index contributed by atoms with van der Waals surface area (Å²) in [6.07, 6.45) is 11.3. The van der Waals surface area contributed by atoms with E-state index < -0.39 is 5.79 Å². The number of hydrogen-bond acceptors (Lipinski definition) is 5. The van der Waals surface area contributed by atoms with Crippen molar-refractivity contribution in [3.63, 3.8) is 0 Å². The maximum atomic E-state index is 6.64. The first-order valence-electron chi connectivity index (χ1n) is 13.9. The van der Waals surface area contributed by atoms with Crippen LogP contribution in [0.4, 0.5) is 0 Å².